The lowest BCUT2D eigenvalue weighted by Crippen LogP contribution is -2.38. The molecule has 7 heteroatoms. The summed E-state index contributed by atoms with van der Waals surface area (Å²) in [6, 6.07) is 3.70. The van der Waals surface area contributed by atoms with Gasteiger partial charge in [0.15, 0.2) is 0 Å². The predicted octanol–water partition coefficient (Wildman–Crippen LogP) is 2.01. The molecule has 1 aliphatic carbocycles. The van der Waals surface area contributed by atoms with Gasteiger partial charge in [0, 0.05) is 5.69 Å². The van der Waals surface area contributed by atoms with E-state index < -0.39 is 0 Å². The molecule has 3 heterocycles. The summed E-state index contributed by atoms with van der Waals surface area (Å²) in [5.74, 6) is 1.37. The van der Waals surface area contributed by atoms with E-state index in [-0.39, 0.29) is 11.6 Å². The second kappa shape index (κ2) is 6.07. The Morgan fingerprint density at radius 1 is 1.33 bits per heavy atom. The summed E-state index contributed by atoms with van der Waals surface area (Å²) < 4.78 is 11.1. The van der Waals surface area contributed by atoms with Gasteiger partial charge < -0.3 is 9.47 Å². The Balaban J connectivity index is 1.51. The van der Waals surface area contributed by atoms with Gasteiger partial charge in [-0.3, -0.25) is 9.69 Å². The van der Waals surface area contributed by atoms with Crippen LogP contribution in [0.25, 0.3) is 0 Å². The molecule has 1 fully saturated rings. The highest BCUT2D eigenvalue weighted by Gasteiger charge is 2.27. The molecule has 0 saturated heterocycles. The van der Waals surface area contributed by atoms with E-state index in [0.29, 0.717) is 43.1 Å². The number of anilines is 1. The second-order valence-electron chi connectivity index (χ2n) is 6.08. The first-order chi connectivity index (χ1) is 11.7. The Morgan fingerprint density at radius 2 is 2.21 bits per heavy atom. The van der Waals surface area contributed by atoms with Gasteiger partial charge in [0.1, 0.15) is 18.0 Å². The molecule has 1 aliphatic heterocycles. The highest BCUT2D eigenvalue weighted by molar-refractivity contribution is 6.05. The molecule has 0 spiro atoms. The average molecular weight is 326 g/mol. The van der Waals surface area contributed by atoms with Crippen LogP contribution in [0.3, 0.4) is 0 Å². The summed E-state index contributed by atoms with van der Waals surface area (Å²) in [5.41, 5.74) is 1.79. The fourth-order valence-electron chi connectivity index (χ4n) is 2.53. The largest absolute Gasteiger partial charge is 0.476 e. The van der Waals surface area contributed by atoms with Crippen LogP contribution < -0.4 is 14.4 Å². The molecule has 0 aromatic carbocycles. The van der Waals surface area contributed by atoms with E-state index in [0.717, 1.165) is 5.69 Å². The van der Waals surface area contributed by atoms with Gasteiger partial charge in [0.25, 0.3) is 5.91 Å². The van der Waals surface area contributed by atoms with Crippen molar-refractivity contribution in [2.24, 2.45) is 5.92 Å². The summed E-state index contributed by atoms with van der Waals surface area (Å²) in [4.78, 5) is 27.1. The van der Waals surface area contributed by atoms with Gasteiger partial charge in [-0.25, -0.2) is 15.0 Å². The molecular formula is C17H18N4O3. The van der Waals surface area contributed by atoms with E-state index in [1.807, 2.05) is 19.1 Å². The summed E-state index contributed by atoms with van der Waals surface area (Å²) in [7, 11) is 0. The van der Waals surface area contributed by atoms with Crippen LogP contribution in [0.2, 0.25) is 0 Å². The number of carbonyl (C=O) groups is 1. The van der Waals surface area contributed by atoms with E-state index in [1.54, 1.807) is 4.90 Å². The molecule has 2 aromatic rings. The number of ether oxygens (including phenoxy) is 2. The van der Waals surface area contributed by atoms with Crippen LogP contribution in [0.15, 0.2) is 24.5 Å². The number of fused-ring (bicyclic) bond motifs is 1. The summed E-state index contributed by atoms with van der Waals surface area (Å²) in [5, 5.41) is 0. The van der Waals surface area contributed by atoms with E-state index in [4.69, 9.17) is 9.47 Å². The molecule has 124 valence electrons. The number of amides is 1. The molecule has 7 nitrogen and oxygen atoms in total. The van der Waals surface area contributed by atoms with Crippen molar-refractivity contribution < 1.29 is 14.3 Å². The topological polar surface area (TPSA) is 77.4 Å². The van der Waals surface area contributed by atoms with Gasteiger partial charge >= 0.3 is 0 Å². The smallest absolute Gasteiger partial charge is 0.278 e. The van der Waals surface area contributed by atoms with Crippen molar-refractivity contribution in [3.8, 4) is 11.8 Å². The van der Waals surface area contributed by atoms with Crippen molar-refractivity contribution >= 4 is 11.6 Å². The van der Waals surface area contributed by atoms with Crippen LogP contribution >= 0.6 is 0 Å². The number of nitrogens with zero attached hydrogens (tertiary/aromatic N) is 4. The van der Waals surface area contributed by atoms with Crippen molar-refractivity contribution in [2.45, 2.75) is 19.8 Å². The lowest BCUT2D eigenvalue weighted by Gasteiger charge is -2.28. The maximum atomic E-state index is 12.7. The number of rotatable bonds is 4. The first-order valence-corrected chi connectivity index (χ1v) is 8.08. The van der Waals surface area contributed by atoms with Gasteiger partial charge in [-0.1, -0.05) is 0 Å². The number of pyridine rings is 1. The van der Waals surface area contributed by atoms with E-state index in [9.17, 15) is 4.79 Å². The summed E-state index contributed by atoms with van der Waals surface area (Å²) in [6.45, 7) is 3.42. The molecule has 0 radical (unpaired) electrons. The van der Waals surface area contributed by atoms with Gasteiger partial charge in [0.2, 0.25) is 11.8 Å². The third-order valence-corrected chi connectivity index (χ3v) is 4.08. The van der Waals surface area contributed by atoms with Crippen LogP contribution in [0.5, 0.6) is 11.8 Å². The number of hydrogen-bond donors (Lipinski definition) is 0. The molecular weight excluding hydrogens is 308 g/mol. The highest BCUT2D eigenvalue weighted by atomic mass is 16.5. The fourth-order valence-corrected chi connectivity index (χ4v) is 2.53. The summed E-state index contributed by atoms with van der Waals surface area (Å²) in [6.07, 6.45) is 5.40. The minimum absolute atomic E-state index is 0.216. The lowest BCUT2D eigenvalue weighted by molar-refractivity contribution is 0.0970. The molecule has 0 N–H and O–H groups in total. The molecule has 2 aliphatic rings. The van der Waals surface area contributed by atoms with E-state index >= 15 is 0 Å². The Labute approximate surface area is 139 Å². The number of hydrogen-bond acceptors (Lipinski definition) is 6. The fraction of sp³-hybridized carbons (Fsp3) is 0.412. The standard InChI is InChI=1S/C17H18N4O3/c1-11-2-5-14-16(20-11)23-7-6-21(14)17(22)13-8-19-15(9-18-13)24-10-12-3-4-12/h2,5,8-9,12H,3-4,6-7,10H2,1H3. The van der Waals surface area contributed by atoms with Crippen molar-refractivity contribution in [1.29, 1.82) is 0 Å². The molecule has 1 saturated carbocycles. The van der Waals surface area contributed by atoms with Crippen LogP contribution in [-0.4, -0.2) is 40.6 Å². The van der Waals surface area contributed by atoms with Crippen molar-refractivity contribution in [1.82, 2.24) is 15.0 Å². The Morgan fingerprint density at radius 3 is 2.96 bits per heavy atom. The van der Waals surface area contributed by atoms with Crippen molar-refractivity contribution in [2.75, 3.05) is 24.7 Å². The Hall–Kier alpha value is -2.70. The average Bonchev–Trinajstić information content (AvgIpc) is 3.43. The monoisotopic (exact) mass is 326 g/mol. The number of aromatic nitrogens is 3. The minimum Gasteiger partial charge on any atom is -0.476 e. The molecule has 4 rings (SSSR count). The maximum absolute atomic E-state index is 12.7. The third-order valence-electron chi connectivity index (χ3n) is 4.08. The van der Waals surface area contributed by atoms with Crippen LogP contribution in [0.4, 0.5) is 5.69 Å². The Kier molecular flexibility index (Phi) is 3.76. The molecule has 0 atom stereocenters. The summed E-state index contributed by atoms with van der Waals surface area (Å²) >= 11 is 0. The van der Waals surface area contributed by atoms with Crippen LogP contribution in [0, 0.1) is 12.8 Å². The molecule has 1 amide bonds. The van der Waals surface area contributed by atoms with E-state index in [2.05, 4.69) is 15.0 Å². The lowest BCUT2D eigenvalue weighted by atomic mass is 10.2. The molecule has 0 bridgehead atoms. The second-order valence-corrected chi connectivity index (χ2v) is 6.08. The first kappa shape index (κ1) is 14.9. The van der Waals surface area contributed by atoms with Gasteiger partial charge in [0.05, 0.1) is 25.5 Å². The molecule has 2 aromatic heterocycles. The first-order valence-electron chi connectivity index (χ1n) is 8.08. The third kappa shape index (κ3) is 3.02. The SMILES string of the molecule is Cc1ccc2c(n1)OCCN2C(=O)c1cnc(OCC2CC2)cn1. The highest BCUT2D eigenvalue weighted by Crippen LogP contribution is 2.31. The van der Waals surface area contributed by atoms with Gasteiger partial charge in [-0.05, 0) is 37.8 Å². The molecule has 0 unspecified atom stereocenters. The zero-order valence-electron chi connectivity index (χ0n) is 13.4. The zero-order valence-corrected chi connectivity index (χ0v) is 13.4. The molecule has 24 heavy (non-hydrogen) atoms. The quantitative estimate of drug-likeness (QED) is 0.855. The number of carbonyl (C=O) groups excluding carboxylic acids is 1. The van der Waals surface area contributed by atoms with Crippen molar-refractivity contribution in [3.63, 3.8) is 0 Å². The van der Waals surface area contributed by atoms with Gasteiger partial charge in [-0.2, -0.15) is 0 Å². The van der Waals surface area contributed by atoms with Crippen LogP contribution in [0.1, 0.15) is 29.0 Å². The minimum atomic E-state index is -0.216. The number of aryl methyl sites for hydroxylation is 1. The van der Waals surface area contributed by atoms with Crippen LogP contribution in [-0.2, 0) is 0 Å². The predicted molar refractivity (Wildman–Crippen MR) is 86.4 cm³/mol. The van der Waals surface area contributed by atoms with Gasteiger partial charge in [-0.15, -0.1) is 0 Å². The zero-order chi connectivity index (χ0) is 16.5. The normalized spacial score (nSPS) is 16.3. The maximum Gasteiger partial charge on any atom is 0.278 e. The van der Waals surface area contributed by atoms with E-state index in [1.165, 1.54) is 25.2 Å². The Bertz CT molecular complexity index is 759. The van der Waals surface area contributed by atoms with Crippen molar-refractivity contribution in [3.05, 3.63) is 35.9 Å².